The molecule has 0 radical (unpaired) electrons. The lowest BCUT2D eigenvalue weighted by Crippen LogP contribution is -2.47. The van der Waals surface area contributed by atoms with E-state index in [2.05, 4.69) is 25.9 Å². The van der Waals surface area contributed by atoms with Gasteiger partial charge in [0.15, 0.2) is 0 Å². The molecule has 1 atom stereocenters. The molecule has 1 amide bonds. The van der Waals surface area contributed by atoms with Gasteiger partial charge in [0, 0.05) is 22.8 Å². The summed E-state index contributed by atoms with van der Waals surface area (Å²) in [7, 11) is 0. The van der Waals surface area contributed by atoms with Gasteiger partial charge in [-0.2, -0.15) is 0 Å². The highest BCUT2D eigenvalue weighted by Gasteiger charge is 2.31. The first-order valence-corrected chi connectivity index (χ1v) is 10.3. The van der Waals surface area contributed by atoms with Crippen molar-refractivity contribution in [1.82, 2.24) is 14.9 Å². The van der Waals surface area contributed by atoms with E-state index >= 15 is 0 Å². The van der Waals surface area contributed by atoms with Crippen molar-refractivity contribution in [2.24, 2.45) is 0 Å². The Labute approximate surface area is 188 Å². The molecule has 0 saturated carbocycles. The minimum absolute atomic E-state index is 0.0271. The third kappa shape index (κ3) is 6.94. The molecule has 31 heavy (non-hydrogen) atoms. The molecule has 0 spiro atoms. The van der Waals surface area contributed by atoms with Crippen LogP contribution >= 0.6 is 15.9 Å². The van der Waals surface area contributed by atoms with E-state index < -0.39 is 18.1 Å². The number of H-pyrrole nitrogens is 1. The smallest absolute Gasteiger partial charge is 0.412 e. The van der Waals surface area contributed by atoms with Gasteiger partial charge in [0.25, 0.3) is 0 Å². The van der Waals surface area contributed by atoms with E-state index in [9.17, 15) is 14.7 Å². The van der Waals surface area contributed by atoms with Crippen LogP contribution in [0.2, 0.25) is 0 Å². The summed E-state index contributed by atoms with van der Waals surface area (Å²) in [6.45, 7) is 0.000213. The van der Waals surface area contributed by atoms with Gasteiger partial charge in [0.05, 0.1) is 12.9 Å². The first-order valence-electron chi connectivity index (χ1n) is 9.52. The van der Waals surface area contributed by atoms with Crippen LogP contribution in [-0.2, 0) is 33.9 Å². The monoisotopic (exact) mass is 487 g/mol. The fourth-order valence-corrected chi connectivity index (χ4v) is 3.11. The Hall–Kier alpha value is -3.17. The lowest BCUT2D eigenvalue weighted by atomic mass is 10.1. The highest BCUT2D eigenvalue weighted by atomic mass is 79.9. The number of aromatic nitrogens is 2. The lowest BCUT2D eigenvalue weighted by Gasteiger charge is -2.27. The molecule has 0 bridgehead atoms. The highest BCUT2D eigenvalue weighted by molar-refractivity contribution is 9.10. The molecule has 0 fully saturated rings. The van der Waals surface area contributed by atoms with Crippen LogP contribution < -0.4 is 0 Å². The molecule has 162 valence electrons. The highest BCUT2D eigenvalue weighted by Crippen LogP contribution is 2.14. The number of amides is 1. The van der Waals surface area contributed by atoms with Crippen molar-refractivity contribution in [3.63, 3.8) is 0 Å². The number of ether oxygens (including phenoxy) is 2. The van der Waals surface area contributed by atoms with Gasteiger partial charge in [-0.1, -0.05) is 58.4 Å². The molecular formula is C22H22BrN3O5. The maximum atomic E-state index is 12.8. The van der Waals surface area contributed by atoms with E-state index in [1.165, 1.54) is 12.5 Å². The van der Waals surface area contributed by atoms with Gasteiger partial charge in [0.1, 0.15) is 19.4 Å². The first-order chi connectivity index (χ1) is 15.0. The van der Waals surface area contributed by atoms with Crippen LogP contribution in [0.1, 0.15) is 16.8 Å². The second-order valence-electron chi connectivity index (χ2n) is 6.75. The summed E-state index contributed by atoms with van der Waals surface area (Å²) in [6.07, 6.45) is 2.24. The maximum absolute atomic E-state index is 12.8. The fourth-order valence-electron chi connectivity index (χ4n) is 2.85. The van der Waals surface area contributed by atoms with Gasteiger partial charge in [0.2, 0.25) is 0 Å². The number of hydrogen-bond acceptors (Lipinski definition) is 5. The number of rotatable bonds is 10. The van der Waals surface area contributed by atoms with E-state index in [4.69, 9.17) is 9.47 Å². The van der Waals surface area contributed by atoms with Gasteiger partial charge in [-0.05, 0) is 23.3 Å². The zero-order valence-electron chi connectivity index (χ0n) is 16.6. The van der Waals surface area contributed by atoms with Gasteiger partial charge in [-0.25, -0.2) is 14.6 Å². The number of imidazole rings is 1. The molecule has 0 aliphatic rings. The molecule has 0 unspecified atom stereocenters. The molecule has 9 heteroatoms. The summed E-state index contributed by atoms with van der Waals surface area (Å²) < 4.78 is 12.0. The predicted molar refractivity (Wildman–Crippen MR) is 116 cm³/mol. The van der Waals surface area contributed by atoms with Crippen molar-refractivity contribution in [3.05, 3.63) is 88.4 Å². The zero-order valence-corrected chi connectivity index (χ0v) is 18.2. The molecule has 8 nitrogen and oxygen atoms in total. The Kier molecular flexibility index (Phi) is 8.19. The molecule has 0 aliphatic heterocycles. The predicted octanol–water partition coefficient (Wildman–Crippen LogP) is 3.98. The number of halogens is 1. The fraction of sp³-hybridized carbons (Fsp3) is 0.227. The number of aliphatic carboxylic acids is 1. The number of hydrogen-bond donors (Lipinski definition) is 2. The standard InChI is InChI=1S/C22H22BrN3O5/c23-18-8-6-17(7-9-18)12-30-15-26(20(21(27)28)10-19-11-24-14-25-19)22(29)31-13-16-4-2-1-3-5-16/h1-9,11,14,20H,10,12-13,15H2,(H,24,25)(H,27,28)/t20-/m0/s1. The second-order valence-corrected chi connectivity index (χ2v) is 7.66. The summed E-state index contributed by atoms with van der Waals surface area (Å²) in [6, 6.07) is 15.5. The van der Waals surface area contributed by atoms with Crippen molar-refractivity contribution in [3.8, 4) is 0 Å². The molecule has 0 saturated heterocycles. The Morgan fingerprint density at radius 2 is 1.77 bits per heavy atom. The number of carbonyl (C=O) groups excluding carboxylic acids is 1. The average Bonchev–Trinajstić information content (AvgIpc) is 3.29. The molecule has 3 aromatic rings. The number of carboxylic acid groups (broad SMARTS) is 1. The van der Waals surface area contributed by atoms with Crippen molar-refractivity contribution >= 4 is 28.0 Å². The van der Waals surface area contributed by atoms with Gasteiger partial charge >= 0.3 is 12.1 Å². The zero-order chi connectivity index (χ0) is 22.1. The summed E-state index contributed by atoms with van der Waals surface area (Å²) in [5.41, 5.74) is 2.27. The number of carboxylic acids is 1. The van der Waals surface area contributed by atoms with Crippen LogP contribution in [0.25, 0.3) is 0 Å². The summed E-state index contributed by atoms with van der Waals surface area (Å²) in [5.74, 6) is -1.17. The van der Waals surface area contributed by atoms with Gasteiger partial charge in [-0.15, -0.1) is 0 Å². The minimum Gasteiger partial charge on any atom is -0.480 e. The van der Waals surface area contributed by atoms with Crippen LogP contribution in [0.15, 0.2) is 71.6 Å². The SMILES string of the molecule is O=C(O)[C@H](Cc1cnc[nH]1)N(COCc1ccc(Br)cc1)C(=O)OCc1ccccc1. The Balaban J connectivity index is 1.69. The van der Waals surface area contributed by atoms with E-state index in [0.717, 1.165) is 20.5 Å². The third-order valence-corrected chi connectivity index (χ3v) is 5.01. The molecule has 3 rings (SSSR count). The molecular weight excluding hydrogens is 466 g/mol. The lowest BCUT2D eigenvalue weighted by molar-refractivity contribution is -0.145. The molecule has 1 aromatic heterocycles. The van der Waals surface area contributed by atoms with Crippen molar-refractivity contribution in [1.29, 1.82) is 0 Å². The Morgan fingerprint density at radius 1 is 1.06 bits per heavy atom. The summed E-state index contributed by atoms with van der Waals surface area (Å²) >= 11 is 3.37. The van der Waals surface area contributed by atoms with Crippen LogP contribution in [0.3, 0.4) is 0 Å². The number of aromatic amines is 1. The van der Waals surface area contributed by atoms with E-state index in [0.29, 0.717) is 5.69 Å². The van der Waals surface area contributed by atoms with Crippen molar-refractivity contribution < 1.29 is 24.2 Å². The van der Waals surface area contributed by atoms with E-state index in [-0.39, 0.29) is 26.4 Å². The van der Waals surface area contributed by atoms with Crippen LogP contribution in [0, 0.1) is 0 Å². The van der Waals surface area contributed by atoms with E-state index in [1.54, 1.807) is 0 Å². The Bertz CT molecular complexity index is 965. The number of nitrogens with one attached hydrogen (secondary N) is 1. The summed E-state index contributed by atoms with van der Waals surface area (Å²) in [4.78, 5) is 32.6. The van der Waals surface area contributed by atoms with Crippen LogP contribution in [0.5, 0.6) is 0 Å². The normalized spacial score (nSPS) is 11.6. The maximum Gasteiger partial charge on any atom is 0.412 e. The second kappa shape index (κ2) is 11.3. The average molecular weight is 488 g/mol. The van der Waals surface area contributed by atoms with Crippen molar-refractivity contribution in [2.45, 2.75) is 25.7 Å². The van der Waals surface area contributed by atoms with E-state index in [1.807, 2.05) is 54.6 Å². The quantitative estimate of drug-likeness (QED) is 0.419. The number of carbonyl (C=O) groups is 2. The number of benzene rings is 2. The van der Waals surface area contributed by atoms with Crippen molar-refractivity contribution in [2.75, 3.05) is 6.73 Å². The minimum atomic E-state index is -1.19. The first kappa shape index (κ1) is 22.5. The van der Waals surface area contributed by atoms with Crippen LogP contribution in [-0.4, -0.2) is 44.8 Å². The largest absolute Gasteiger partial charge is 0.480 e. The molecule has 2 N–H and O–H groups in total. The molecule has 0 aliphatic carbocycles. The molecule has 2 aromatic carbocycles. The topological polar surface area (TPSA) is 105 Å². The Morgan fingerprint density at radius 3 is 2.42 bits per heavy atom. The molecule has 1 heterocycles. The van der Waals surface area contributed by atoms with Gasteiger partial charge in [-0.3, -0.25) is 4.90 Å². The van der Waals surface area contributed by atoms with Crippen LogP contribution in [0.4, 0.5) is 4.79 Å². The third-order valence-electron chi connectivity index (χ3n) is 4.48. The van der Waals surface area contributed by atoms with Gasteiger partial charge < -0.3 is 19.6 Å². The summed E-state index contributed by atoms with van der Waals surface area (Å²) in [5, 5.41) is 9.78. The number of nitrogens with zero attached hydrogens (tertiary/aromatic N) is 2.